The van der Waals surface area contributed by atoms with Crippen molar-refractivity contribution >= 4 is 14.0 Å². The van der Waals surface area contributed by atoms with Crippen LogP contribution in [-0.2, 0) is 0 Å². The fraction of sp³-hybridized carbons (Fsp3) is 0.231. The van der Waals surface area contributed by atoms with E-state index in [1.807, 2.05) is 0 Å². The lowest BCUT2D eigenvalue weighted by molar-refractivity contribution is 1.01. The van der Waals surface area contributed by atoms with Gasteiger partial charge in [0, 0.05) is 0 Å². The second-order valence-corrected chi connectivity index (χ2v) is 7.01. The normalized spacial score (nSPS) is 22.2. The first-order valence-electron chi connectivity index (χ1n) is 5.26. The number of rotatable bonds is 2. The standard InChI is InChI=1S/C13H16Si/c1-14(12-8-4-2-5-9-12)13-10-6-3-7-11-13/h2-10,13-14H,11H2,1H3. The zero-order chi connectivity index (χ0) is 9.80. The monoisotopic (exact) mass is 200 g/mol. The van der Waals surface area contributed by atoms with E-state index in [4.69, 9.17) is 0 Å². The van der Waals surface area contributed by atoms with E-state index in [-0.39, 0.29) is 0 Å². The first-order chi connectivity index (χ1) is 6.88. The number of hydrogen-bond acceptors (Lipinski definition) is 0. The Hall–Kier alpha value is -1.08. The fourth-order valence-corrected chi connectivity index (χ4v) is 4.33. The topological polar surface area (TPSA) is 0 Å². The molecule has 2 atom stereocenters. The Morgan fingerprint density at radius 2 is 1.93 bits per heavy atom. The van der Waals surface area contributed by atoms with E-state index in [2.05, 4.69) is 61.2 Å². The van der Waals surface area contributed by atoms with Gasteiger partial charge in [-0.05, 0) is 12.0 Å². The maximum atomic E-state index is 2.45. The van der Waals surface area contributed by atoms with Gasteiger partial charge in [-0.2, -0.15) is 0 Å². The zero-order valence-electron chi connectivity index (χ0n) is 8.56. The van der Waals surface area contributed by atoms with Gasteiger partial charge in [0.1, 0.15) is 0 Å². The molecule has 2 rings (SSSR count). The van der Waals surface area contributed by atoms with Crippen molar-refractivity contribution < 1.29 is 0 Å². The Kier molecular flexibility index (Phi) is 2.99. The lowest BCUT2D eigenvalue weighted by Crippen LogP contribution is -2.31. The summed E-state index contributed by atoms with van der Waals surface area (Å²) < 4.78 is 0. The van der Waals surface area contributed by atoms with Crippen LogP contribution in [0.2, 0.25) is 12.1 Å². The van der Waals surface area contributed by atoms with Crippen LogP contribution in [0.3, 0.4) is 0 Å². The summed E-state index contributed by atoms with van der Waals surface area (Å²) >= 11 is 0. The van der Waals surface area contributed by atoms with Gasteiger partial charge in [0.05, 0.1) is 8.80 Å². The summed E-state index contributed by atoms with van der Waals surface area (Å²) in [5.74, 6) is 0. The molecule has 1 aromatic rings. The summed E-state index contributed by atoms with van der Waals surface area (Å²) in [4.78, 5) is 0. The molecule has 0 N–H and O–H groups in total. The third-order valence-electron chi connectivity index (χ3n) is 2.98. The molecule has 0 fully saturated rings. The second kappa shape index (κ2) is 4.42. The minimum Gasteiger partial charge on any atom is -0.0842 e. The molecule has 14 heavy (non-hydrogen) atoms. The van der Waals surface area contributed by atoms with Crippen molar-refractivity contribution in [2.24, 2.45) is 0 Å². The van der Waals surface area contributed by atoms with Gasteiger partial charge in [-0.3, -0.25) is 0 Å². The average Bonchev–Trinajstić information content (AvgIpc) is 2.30. The molecule has 0 saturated heterocycles. The highest BCUT2D eigenvalue weighted by Crippen LogP contribution is 2.21. The molecule has 0 amide bonds. The SMILES string of the molecule is C[SiH](c1ccccc1)C1C=CC=CC1. The molecule has 0 aromatic heterocycles. The van der Waals surface area contributed by atoms with Gasteiger partial charge in [-0.25, -0.2) is 0 Å². The molecular weight excluding hydrogens is 184 g/mol. The van der Waals surface area contributed by atoms with Crippen molar-refractivity contribution in [3.05, 3.63) is 54.6 Å². The van der Waals surface area contributed by atoms with Crippen molar-refractivity contribution in [2.75, 3.05) is 0 Å². The largest absolute Gasteiger partial charge is 0.0842 e. The van der Waals surface area contributed by atoms with E-state index < -0.39 is 8.80 Å². The quantitative estimate of drug-likeness (QED) is 0.644. The lowest BCUT2D eigenvalue weighted by atomic mass is 10.2. The van der Waals surface area contributed by atoms with Crippen LogP contribution in [0, 0.1) is 0 Å². The molecule has 0 radical (unpaired) electrons. The second-order valence-electron chi connectivity index (χ2n) is 3.91. The Balaban J connectivity index is 2.12. The lowest BCUT2D eigenvalue weighted by Gasteiger charge is -2.20. The fourth-order valence-electron chi connectivity index (χ4n) is 1.97. The summed E-state index contributed by atoms with van der Waals surface area (Å²) in [5.41, 5.74) is 0.808. The molecule has 0 aliphatic heterocycles. The first kappa shape index (κ1) is 9.47. The smallest absolute Gasteiger partial charge is 0.0748 e. The predicted octanol–water partition coefficient (Wildman–Crippen LogP) is 2.64. The Morgan fingerprint density at radius 1 is 1.14 bits per heavy atom. The van der Waals surface area contributed by atoms with Gasteiger partial charge in [0.15, 0.2) is 0 Å². The van der Waals surface area contributed by atoms with Crippen molar-refractivity contribution in [1.29, 1.82) is 0 Å². The summed E-state index contributed by atoms with van der Waals surface area (Å²) in [5, 5.41) is 1.58. The maximum absolute atomic E-state index is 2.45. The third kappa shape index (κ3) is 2.04. The maximum Gasteiger partial charge on any atom is 0.0748 e. The van der Waals surface area contributed by atoms with E-state index in [0.29, 0.717) is 0 Å². The van der Waals surface area contributed by atoms with Gasteiger partial charge in [0.25, 0.3) is 0 Å². The van der Waals surface area contributed by atoms with Gasteiger partial charge >= 0.3 is 0 Å². The van der Waals surface area contributed by atoms with Gasteiger partial charge in [0.2, 0.25) is 0 Å². The van der Waals surface area contributed by atoms with Crippen LogP contribution < -0.4 is 5.19 Å². The van der Waals surface area contributed by atoms with Crippen molar-refractivity contribution in [2.45, 2.75) is 18.5 Å². The Morgan fingerprint density at radius 3 is 2.57 bits per heavy atom. The number of benzene rings is 1. The molecule has 0 nitrogen and oxygen atoms in total. The Bertz CT molecular complexity index is 338. The molecule has 1 heteroatoms. The molecule has 0 bridgehead atoms. The van der Waals surface area contributed by atoms with Crippen LogP contribution in [0.25, 0.3) is 0 Å². The Labute approximate surface area is 87.6 Å². The van der Waals surface area contributed by atoms with Gasteiger partial charge < -0.3 is 0 Å². The highest BCUT2D eigenvalue weighted by molar-refractivity contribution is 6.73. The highest BCUT2D eigenvalue weighted by atomic mass is 28.3. The number of hydrogen-bond donors (Lipinski definition) is 0. The van der Waals surface area contributed by atoms with Crippen LogP contribution in [0.4, 0.5) is 0 Å². The van der Waals surface area contributed by atoms with E-state index in [1.54, 1.807) is 5.19 Å². The van der Waals surface area contributed by atoms with E-state index in [9.17, 15) is 0 Å². The highest BCUT2D eigenvalue weighted by Gasteiger charge is 2.17. The summed E-state index contributed by atoms with van der Waals surface area (Å²) in [7, 11) is -0.780. The predicted molar refractivity (Wildman–Crippen MR) is 65.7 cm³/mol. The van der Waals surface area contributed by atoms with Crippen LogP contribution in [0.15, 0.2) is 54.6 Å². The average molecular weight is 200 g/mol. The molecule has 72 valence electrons. The van der Waals surface area contributed by atoms with Crippen LogP contribution in [-0.4, -0.2) is 8.80 Å². The molecule has 1 aliphatic carbocycles. The van der Waals surface area contributed by atoms with Crippen molar-refractivity contribution in [3.8, 4) is 0 Å². The van der Waals surface area contributed by atoms with Crippen molar-refractivity contribution in [3.63, 3.8) is 0 Å². The molecule has 0 saturated carbocycles. The minimum atomic E-state index is -0.780. The molecule has 2 unspecified atom stereocenters. The molecule has 0 spiro atoms. The van der Waals surface area contributed by atoms with E-state index >= 15 is 0 Å². The third-order valence-corrected chi connectivity index (χ3v) is 6.20. The van der Waals surface area contributed by atoms with Crippen LogP contribution in [0.5, 0.6) is 0 Å². The molecular formula is C13H16Si. The summed E-state index contributed by atoms with van der Waals surface area (Å²) in [6.07, 6.45) is 10.3. The minimum absolute atomic E-state index is 0.780. The summed E-state index contributed by atoms with van der Waals surface area (Å²) in [6, 6.07) is 11.0. The molecule has 1 aliphatic rings. The van der Waals surface area contributed by atoms with Gasteiger partial charge in [-0.15, -0.1) is 0 Å². The zero-order valence-corrected chi connectivity index (χ0v) is 9.71. The van der Waals surface area contributed by atoms with Crippen LogP contribution >= 0.6 is 0 Å². The molecule has 1 aromatic carbocycles. The van der Waals surface area contributed by atoms with E-state index in [1.165, 1.54) is 6.42 Å². The van der Waals surface area contributed by atoms with Crippen molar-refractivity contribution in [1.82, 2.24) is 0 Å². The number of allylic oxidation sites excluding steroid dienone is 4. The van der Waals surface area contributed by atoms with Crippen LogP contribution in [0.1, 0.15) is 6.42 Å². The van der Waals surface area contributed by atoms with E-state index in [0.717, 1.165) is 5.54 Å². The molecule has 0 heterocycles. The first-order valence-corrected chi connectivity index (χ1v) is 7.66. The summed E-state index contributed by atoms with van der Waals surface area (Å²) in [6.45, 7) is 2.45. The van der Waals surface area contributed by atoms with Gasteiger partial charge in [-0.1, -0.05) is 66.4 Å².